The first-order chi connectivity index (χ1) is 12.5. The molecule has 7 nitrogen and oxygen atoms in total. The van der Waals surface area contributed by atoms with E-state index < -0.39 is 0 Å². The zero-order valence-electron chi connectivity index (χ0n) is 13.9. The van der Waals surface area contributed by atoms with Gasteiger partial charge in [0.25, 0.3) is 0 Å². The summed E-state index contributed by atoms with van der Waals surface area (Å²) in [7, 11) is 0. The summed E-state index contributed by atoms with van der Waals surface area (Å²) in [5, 5.41) is 16.2. The zero-order chi connectivity index (χ0) is 18.7. The lowest BCUT2D eigenvalue weighted by atomic mass is 10.2. The molecule has 26 heavy (non-hydrogen) atoms. The Balaban J connectivity index is 1.81. The van der Waals surface area contributed by atoms with Crippen LogP contribution < -0.4 is 26.0 Å². The van der Waals surface area contributed by atoms with Gasteiger partial charge in [-0.3, -0.25) is 0 Å². The van der Waals surface area contributed by atoms with Crippen LogP contribution in [-0.4, -0.2) is 18.3 Å². The van der Waals surface area contributed by atoms with Crippen molar-refractivity contribution in [2.75, 3.05) is 29.2 Å². The number of nitrogens with one attached hydrogen (secondary N) is 2. The van der Waals surface area contributed by atoms with Crippen molar-refractivity contribution in [3.63, 3.8) is 0 Å². The molecule has 9 heteroatoms. The molecule has 0 atom stereocenters. The molecule has 0 saturated carbocycles. The minimum Gasteiger partial charge on any atom is -0.477 e. The highest BCUT2D eigenvalue weighted by Gasteiger charge is 2.20. The maximum atomic E-state index is 9.18. The third-order valence-corrected chi connectivity index (χ3v) is 4.47. The minimum atomic E-state index is 0.212. The van der Waals surface area contributed by atoms with Crippen molar-refractivity contribution in [3.05, 3.63) is 46.2 Å². The Morgan fingerprint density at radius 1 is 1.38 bits per heavy atom. The standard InChI is InChI=1S/C17H16Cl2N6O/c1-2-26-17-12(8-20)13(21)7-14(24-17)23-10-3-5-11(6-4-10)25-9-22-15(18)16(25)19/h3-7,22H,2,9H2,1H3,(H3,21,23,24). The van der Waals surface area contributed by atoms with Crippen molar-refractivity contribution < 1.29 is 4.74 Å². The van der Waals surface area contributed by atoms with E-state index in [-0.39, 0.29) is 11.4 Å². The van der Waals surface area contributed by atoms with E-state index >= 15 is 0 Å². The van der Waals surface area contributed by atoms with E-state index in [1.807, 2.05) is 42.2 Å². The highest BCUT2D eigenvalue weighted by Crippen LogP contribution is 2.30. The number of halogens is 2. The summed E-state index contributed by atoms with van der Waals surface area (Å²) in [5.41, 5.74) is 8.15. The normalized spacial score (nSPS) is 13.4. The number of pyridine rings is 1. The number of nitrogen functional groups attached to an aromatic ring is 1. The van der Waals surface area contributed by atoms with Gasteiger partial charge in [-0.05, 0) is 31.2 Å². The molecule has 0 spiro atoms. The molecule has 0 radical (unpaired) electrons. The number of hydrogen-bond donors (Lipinski definition) is 3. The molecule has 0 bridgehead atoms. The number of rotatable bonds is 5. The molecule has 1 aromatic carbocycles. The number of nitrogens with two attached hydrogens (primary N) is 1. The molecule has 1 aromatic heterocycles. The van der Waals surface area contributed by atoms with Gasteiger partial charge in [0, 0.05) is 17.4 Å². The van der Waals surface area contributed by atoms with Gasteiger partial charge in [-0.2, -0.15) is 10.2 Å². The fourth-order valence-corrected chi connectivity index (χ4v) is 2.83. The third-order valence-electron chi connectivity index (χ3n) is 3.67. The van der Waals surface area contributed by atoms with Crippen molar-refractivity contribution in [2.24, 2.45) is 0 Å². The molecule has 2 heterocycles. The van der Waals surface area contributed by atoms with Gasteiger partial charge in [0.15, 0.2) is 0 Å². The van der Waals surface area contributed by atoms with Gasteiger partial charge in [-0.1, -0.05) is 23.2 Å². The highest BCUT2D eigenvalue weighted by molar-refractivity contribution is 6.40. The molecular weight excluding hydrogens is 375 g/mol. The number of benzene rings is 1. The van der Waals surface area contributed by atoms with Crippen LogP contribution in [0.1, 0.15) is 12.5 Å². The highest BCUT2D eigenvalue weighted by atomic mass is 35.5. The Morgan fingerprint density at radius 2 is 2.12 bits per heavy atom. The van der Waals surface area contributed by atoms with E-state index in [0.717, 1.165) is 11.4 Å². The van der Waals surface area contributed by atoms with Crippen LogP contribution in [0.25, 0.3) is 0 Å². The van der Waals surface area contributed by atoms with Crippen LogP contribution >= 0.6 is 23.2 Å². The molecule has 134 valence electrons. The maximum Gasteiger partial charge on any atom is 0.235 e. The molecule has 0 amide bonds. The lowest BCUT2D eigenvalue weighted by molar-refractivity contribution is 0.326. The Bertz CT molecular complexity index is 891. The summed E-state index contributed by atoms with van der Waals surface area (Å²) < 4.78 is 5.40. The lowest BCUT2D eigenvalue weighted by Crippen LogP contribution is -2.21. The van der Waals surface area contributed by atoms with Gasteiger partial charge in [0.1, 0.15) is 27.8 Å². The smallest absolute Gasteiger partial charge is 0.235 e. The first-order valence-electron chi connectivity index (χ1n) is 7.80. The molecule has 3 rings (SSSR count). The summed E-state index contributed by atoms with van der Waals surface area (Å²) in [4.78, 5) is 6.16. The van der Waals surface area contributed by atoms with Crippen molar-refractivity contribution in [2.45, 2.75) is 6.92 Å². The fraction of sp³-hybridized carbons (Fsp3) is 0.176. The lowest BCUT2D eigenvalue weighted by Gasteiger charge is -2.18. The summed E-state index contributed by atoms with van der Waals surface area (Å²) in [5.74, 6) is 0.699. The average Bonchev–Trinajstić information content (AvgIpc) is 2.95. The second kappa shape index (κ2) is 7.60. The van der Waals surface area contributed by atoms with Gasteiger partial charge in [-0.25, -0.2) is 0 Å². The van der Waals surface area contributed by atoms with Crippen LogP contribution in [0.2, 0.25) is 0 Å². The van der Waals surface area contributed by atoms with Crippen LogP contribution in [0.4, 0.5) is 22.9 Å². The van der Waals surface area contributed by atoms with Gasteiger partial charge in [-0.15, -0.1) is 0 Å². The minimum absolute atomic E-state index is 0.212. The molecule has 0 fully saturated rings. The molecule has 0 saturated heterocycles. The Labute approximate surface area is 161 Å². The largest absolute Gasteiger partial charge is 0.477 e. The van der Waals surface area contributed by atoms with E-state index in [4.69, 9.17) is 33.7 Å². The topological polar surface area (TPSA) is 99.2 Å². The van der Waals surface area contributed by atoms with Crippen LogP contribution in [0, 0.1) is 11.3 Å². The maximum absolute atomic E-state index is 9.18. The number of nitrogens with zero attached hydrogens (tertiary/aromatic N) is 3. The number of aromatic nitrogens is 1. The second-order valence-electron chi connectivity index (χ2n) is 5.36. The predicted octanol–water partition coefficient (Wildman–Crippen LogP) is 3.65. The second-order valence-corrected chi connectivity index (χ2v) is 6.10. The summed E-state index contributed by atoms with van der Waals surface area (Å²) >= 11 is 12.1. The van der Waals surface area contributed by atoms with Crippen LogP contribution in [0.15, 0.2) is 40.6 Å². The fourth-order valence-electron chi connectivity index (χ4n) is 2.44. The van der Waals surface area contributed by atoms with E-state index in [1.54, 1.807) is 6.07 Å². The molecule has 1 aliphatic heterocycles. The van der Waals surface area contributed by atoms with Crippen LogP contribution in [0.3, 0.4) is 0 Å². The zero-order valence-corrected chi connectivity index (χ0v) is 15.4. The third kappa shape index (κ3) is 3.57. The van der Waals surface area contributed by atoms with E-state index in [1.165, 1.54) is 0 Å². The Kier molecular flexibility index (Phi) is 5.26. The van der Waals surface area contributed by atoms with Gasteiger partial charge < -0.3 is 26.0 Å². The molecule has 0 unspecified atom stereocenters. The first kappa shape index (κ1) is 18.0. The predicted molar refractivity (Wildman–Crippen MR) is 103 cm³/mol. The molecule has 0 aliphatic carbocycles. The molecule has 4 N–H and O–H groups in total. The molecule has 2 aromatic rings. The van der Waals surface area contributed by atoms with Crippen molar-refractivity contribution >= 4 is 46.1 Å². The SMILES string of the molecule is CCOc1nc(Nc2ccc(N3CNC(Cl)=C3Cl)cc2)cc(N)c1C#N. The molecule has 1 aliphatic rings. The Hall–Kier alpha value is -2.82. The monoisotopic (exact) mass is 390 g/mol. The first-order valence-corrected chi connectivity index (χ1v) is 8.56. The van der Waals surface area contributed by atoms with Gasteiger partial charge in [0.05, 0.1) is 19.0 Å². The molecular formula is C17H16Cl2N6O. The average molecular weight is 391 g/mol. The van der Waals surface area contributed by atoms with Crippen molar-refractivity contribution in [3.8, 4) is 11.9 Å². The summed E-state index contributed by atoms with van der Waals surface area (Å²) in [6, 6.07) is 11.2. The van der Waals surface area contributed by atoms with E-state index in [0.29, 0.717) is 35.1 Å². The number of hydrogen-bond acceptors (Lipinski definition) is 7. The summed E-state index contributed by atoms with van der Waals surface area (Å²) in [6.07, 6.45) is 0. The van der Waals surface area contributed by atoms with Crippen LogP contribution in [0.5, 0.6) is 5.88 Å². The van der Waals surface area contributed by atoms with Crippen molar-refractivity contribution in [1.29, 1.82) is 5.26 Å². The van der Waals surface area contributed by atoms with E-state index in [9.17, 15) is 5.26 Å². The number of ether oxygens (including phenoxy) is 1. The summed E-state index contributed by atoms with van der Waals surface area (Å²) in [6.45, 7) is 2.72. The van der Waals surface area contributed by atoms with Crippen LogP contribution in [-0.2, 0) is 0 Å². The Morgan fingerprint density at radius 3 is 2.69 bits per heavy atom. The van der Waals surface area contributed by atoms with Crippen molar-refractivity contribution in [1.82, 2.24) is 10.3 Å². The quantitative estimate of drug-likeness (QED) is 0.669. The number of anilines is 4. The van der Waals surface area contributed by atoms with Gasteiger partial charge in [0.2, 0.25) is 5.88 Å². The number of nitriles is 1. The van der Waals surface area contributed by atoms with Gasteiger partial charge >= 0.3 is 0 Å². The van der Waals surface area contributed by atoms with E-state index in [2.05, 4.69) is 15.6 Å².